The molecule has 1 unspecified atom stereocenters. The Kier molecular flexibility index (Phi) is 17.5. The van der Waals surface area contributed by atoms with E-state index in [1.54, 1.807) is 0 Å². The van der Waals surface area contributed by atoms with Crippen molar-refractivity contribution in [2.75, 3.05) is 0 Å². The number of carbonyl (C=O) groups excluding carboxylic acids is 1. The van der Waals surface area contributed by atoms with Crippen LogP contribution in [0.3, 0.4) is 0 Å². The molecule has 17 heavy (non-hydrogen) atoms. The van der Waals surface area contributed by atoms with E-state index in [0.29, 0.717) is 6.42 Å². The monoisotopic (exact) mass is 270 g/mol. The molecule has 96 valence electrons. The minimum absolute atomic E-state index is 0. The van der Waals surface area contributed by atoms with E-state index >= 15 is 0 Å². The molecule has 0 aliphatic heterocycles. The summed E-state index contributed by atoms with van der Waals surface area (Å²) in [6, 6.07) is 0. The summed E-state index contributed by atoms with van der Waals surface area (Å²) in [5, 5.41) is -0.650. The summed E-state index contributed by atoms with van der Waals surface area (Å²) < 4.78 is 20.4. The van der Waals surface area contributed by atoms with E-state index in [1.165, 1.54) is 38.5 Å². The Morgan fingerprint density at radius 2 is 1.35 bits per heavy atom. The van der Waals surface area contributed by atoms with Gasteiger partial charge in [0.05, 0.1) is 0 Å². The van der Waals surface area contributed by atoms with Gasteiger partial charge in [0, 0.05) is 17.5 Å². The summed E-state index contributed by atoms with van der Waals surface area (Å²) in [5.74, 6) is 0. The normalized spacial score (nSPS) is 11.9. The molecule has 0 fully saturated rings. The first-order valence-electron chi connectivity index (χ1n) is 6.30. The van der Waals surface area contributed by atoms with Gasteiger partial charge < -0.3 is 4.55 Å². The van der Waals surface area contributed by atoms with Crippen LogP contribution in [-0.2, 0) is 15.9 Å². The third-order valence-electron chi connectivity index (χ3n) is 2.67. The SMILES string of the molecule is CCCCCCCCCCCC(=O)S(=O)[O-].[Na+]. The maximum atomic E-state index is 10.7. The molecular formula is C12H23NaO3S. The number of hydrogen-bond acceptors (Lipinski definition) is 3. The fraction of sp³-hybridized carbons (Fsp3) is 0.917. The van der Waals surface area contributed by atoms with Crippen molar-refractivity contribution in [3.63, 3.8) is 0 Å². The first kappa shape index (κ1) is 20.1. The molecule has 0 aromatic carbocycles. The van der Waals surface area contributed by atoms with Crippen molar-refractivity contribution >= 4 is 16.2 Å². The molecule has 0 rings (SSSR count). The molecule has 0 aliphatic carbocycles. The van der Waals surface area contributed by atoms with Gasteiger partial charge in [-0.1, -0.05) is 58.3 Å². The molecule has 5 heteroatoms. The third kappa shape index (κ3) is 14.7. The van der Waals surface area contributed by atoms with Gasteiger partial charge in [-0.15, -0.1) is 0 Å². The van der Waals surface area contributed by atoms with Gasteiger partial charge >= 0.3 is 29.6 Å². The molecule has 0 heterocycles. The quantitative estimate of drug-likeness (QED) is 0.326. The molecule has 0 bridgehead atoms. The van der Waals surface area contributed by atoms with Crippen LogP contribution in [0, 0.1) is 0 Å². The number of unbranched alkanes of at least 4 members (excludes halogenated alkanes) is 8. The van der Waals surface area contributed by atoms with E-state index in [0.717, 1.165) is 12.8 Å². The van der Waals surface area contributed by atoms with Gasteiger partial charge in [0.2, 0.25) is 5.12 Å². The van der Waals surface area contributed by atoms with Crippen LogP contribution >= 0.6 is 0 Å². The van der Waals surface area contributed by atoms with Crippen LogP contribution in [0.5, 0.6) is 0 Å². The Morgan fingerprint density at radius 1 is 0.941 bits per heavy atom. The van der Waals surface area contributed by atoms with Crippen LogP contribution in [0.2, 0.25) is 0 Å². The topological polar surface area (TPSA) is 57.2 Å². The maximum Gasteiger partial charge on any atom is 1.00 e. The van der Waals surface area contributed by atoms with Gasteiger partial charge in [0.25, 0.3) is 0 Å². The summed E-state index contributed by atoms with van der Waals surface area (Å²) in [6.45, 7) is 2.21. The molecule has 0 amide bonds. The second-order valence-electron chi connectivity index (χ2n) is 4.19. The molecule has 0 aliphatic rings. The molecule has 0 saturated carbocycles. The van der Waals surface area contributed by atoms with E-state index in [2.05, 4.69) is 6.92 Å². The summed E-state index contributed by atoms with van der Waals surface area (Å²) >= 11 is -2.51. The van der Waals surface area contributed by atoms with Crippen molar-refractivity contribution in [1.29, 1.82) is 0 Å². The second-order valence-corrected chi connectivity index (χ2v) is 5.11. The minimum Gasteiger partial charge on any atom is -0.766 e. The molecular weight excluding hydrogens is 247 g/mol. The van der Waals surface area contributed by atoms with E-state index in [9.17, 15) is 13.6 Å². The van der Waals surface area contributed by atoms with Gasteiger partial charge in [-0.25, -0.2) is 0 Å². The van der Waals surface area contributed by atoms with Crippen molar-refractivity contribution in [3.8, 4) is 0 Å². The average Bonchev–Trinajstić information content (AvgIpc) is 2.26. The minimum atomic E-state index is -2.51. The van der Waals surface area contributed by atoms with Gasteiger partial charge in [-0.05, 0) is 6.42 Å². The fourth-order valence-corrected chi connectivity index (χ4v) is 1.97. The molecule has 0 radical (unpaired) electrons. The van der Waals surface area contributed by atoms with Gasteiger partial charge in [0.1, 0.15) is 0 Å². The van der Waals surface area contributed by atoms with Crippen LogP contribution in [0.15, 0.2) is 0 Å². The van der Waals surface area contributed by atoms with Crippen molar-refractivity contribution in [3.05, 3.63) is 0 Å². The smallest absolute Gasteiger partial charge is 0.766 e. The summed E-state index contributed by atoms with van der Waals surface area (Å²) in [4.78, 5) is 10.7. The van der Waals surface area contributed by atoms with Gasteiger partial charge in [0.15, 0.2) is 0 Å². The molecule has 0 aromatic rings. The summed E-state index contributed by atoms with van der Waals surface area (Å²) in [5.41, 5.74) is 0. The molecule has 1 atom stereocenters. The van der Waals surface area contributed by atoms with Crippen LogP contribution in [0.25, 0.3) is 0 Å². The zero-order valence-corrected chi connectivity index (χ0v) is 14.0. The van der Waals surface area contributed by atoms with Crippen LogP contribution in [-0.4, -0.2) is 13.9 Å². The molecule has 0 aromatic heterocycles. The van der Waals surface area contributed by atoms with E-state index < -0.39 is 16.2 Å². The first-order valence-corrected chi connectivity index (χ1v) is 7.38. The maximum absolute atomic E-state index is 10.7. The fourth-order valence-electron chi connectivity index (χ4n) is 1.66. The largest absolute Gasteiger partial charge is 1.00 e. The van der Waals surface area contributed by atoms with Crippen molar-refractivity contribution < 1.29 is 43.1 Å². The Morgan fingerprint density at radius 3 is 1.76 bits per heavy atom. The third-order valence-corrected chi connectivity index (χ3v) is 3.25. The second kappa shape index (κ2) is 14.8. The molecule has 0 spiro atoms. The van der Waals surface area contributed by atoms with E-state index in [1.807, 2.05) is 0 Å². The molecule has 3 nitrogen and oxygen atoms in total. The Balaban J connectivity index is 0. The van der Waals surface area contributed by atoms with Crippen LogP contribution in [0.1, 0.15) is 71.1 Å². The number of rotatable bonds is 10. The van der Waals surface area contributed by atoms with Crippen molar-refractivity contribution in [2.45, 2.75) is 71.1 Å². The van der Waals surface area contributed by atoms with Crippen LogP contribution < -0.4 is 29.6 Å². The van der Waals surface area contributed by atoms with Crippen molar-refractivity contribution in [1.82, 2.24) is 0 Å². The van der Waals surface area contributed by atoms with Gasteiger partial charge in [-0.2, -0.15) is 0 Å². The summed E-state index contributed by atoms with van der Waals surface area (Å²) in [6.07, 6.45) is 10.7. The standard InChI is InChI=1S/C12H24O3S.Na/c1-2-3-4-5-6-7-8-9-10-11-12(13)16(14)15;/h2-11H2,1H3,(H,14,15);/q;+1/p-1. The summed E-state index contributed by atoms with van der Waals surface area (Å²) in [7, 11) is 0. The van der Waals surface area contributed by atoms with Gasteiger partial charge in [-0.3, -0.25) is 9.00 Å². The van der Waals surface area contributed by atoms with E-state index in [4.69, 9.17) is 0 Å². The average molecular weight is 270 g/mol. The zero-order valence-electron chi connectivity index (χ0n) is 11.2. The first-order chi connectivity index (χ1) is 7.68. The predicted octanol–water partition coefficient (Wildman–Crippen LogP) is 0.317. The zero-order chi connectivity index (χ0) is 12.2. The molecule has 0 N–H and O–H groups in total. The molecule has 0 saturated heterocycles. The van der Waals surface area contributed by atoms with E-state index in [-0.39, 0.29) is 36.0 Å². The van der Waals surface area contributed by atoms with Crippen molar-refractivity contribution in [2.24, 2.45) is 0 Å². The predicted molar refractivity (Wildman–Crippen MR) is 65.8 cm³/mol. The van der Waals surface area contributed by atoms with Crippen LogP contribution in [0.4, 0.5) is 0 Å². The Labute approximate surface area is 130 Å². The number of carbonyl (C=O) groups is 1. The Hall–Kier alpha value is 0.780. The Bertz CT molecular complexity index is 210. The number of hydrogen-bond donors (Lipinski definition) is 0.